The van der Waals surface area contributed by atoms with Crippen molar-refractivity contribution in [3.05, 3.63) is 87.0 Å². The fraction of sp³-hybridized carbons (Fsp3) is 0.241. The maximum atomic E-state index is 13.8. The lowest BCUT2D eigenvalue weighted by Crippen LogP contribution is -2.24. The molecule has 2 N–H and O–H groups in total. The summed E-state index contributed by atoms with van der Waals surface area (Å²) in [5.41, 5.74) is 5.35. The minimum atomic E-state index is -0.362. The number of para-hydroxylation sites is 1. The van der Waals surface area contributed by atoms with E-state index >= 15 is 0 Å². The van der Waals surface area contributed by atoms with E-state index in [9.17, 15) is 14.7 Å². The summed E-state index contributed by atoms with van der Waals surface area (Å²) in [4.78, 5) is 33.2. The molecule has 0 saturated carbocycles. The number of nitrogens with zero attached hydrogens (tertiary/aromatic N) is 3. The third-order valence-electron chi connectivity index (χ3n) is 6.35. The molecular weight excluding hydrogens is 532 g/mol. The number of fused-ring (bicyclic) bond motifs is 3. The van der Waals surface area contributed by atoms with Crippen LogP contribution in [-0.2, 0) is 24.1 Å². The predicted molar refractivity (Wildman–Crippen MR) is 157 cm³/mol. The van der Waals surface area contributed by atoms with Crippen LogP contribution >= 0.6 is 23.1 Å². The first-order valence-corrected chi connectivity index (χ1v) is 14.5. The normalized spacial score (nSPS) is 12.6. The Bertz CT molecular complexity index is 1620. The number of thiophene rings is 1. The molecule has 5 rings (SSSR count). The minimum absolute atomic E-state index is 0.000108. The number of aryl methyl sites for hydroxylation is 2. The molecule has 0 spiro atoms. The van der Waals surface area contributed by atoms with Gasteiger partial charge in [0, 0.05) is 10.4 Å². The SMILES string of the molecule is C=CCc1cccc(C=NNC(=O)CSc2nc3sc4c(c3c(=O)n2-c2ccc(OCC)cc2)CCC4)c1O. The molecule has 0 aliphatic heterocycles. The van der Waals surface area contributed by atoms with E-state index in [0.29, 0.717) is 45.4 Å². The van der Waals surface area contributed by atoms with Crippen LogP contribution in [0.2, 0.25) is 0 Å². The van der Waals surface area contributed by atoms with Gasteiger partial charge in [-0.2, -0.15) is 5.10 Å². The third kappa shape index (κ3) is 5.62. The number of nitrogens with one attached hydrogen (secondary N) is 1. The highest BCUT2D eigenvalue weighted by Crippen LogP contribution is 2.36. The van der Waals surface area contributed by atoms with Gasteiger partial charge in [0.15, 0.2) is 5.16 Å². The number of benzene rings is 2. The molecule has 0 radical (unpaired) electrons. The largest absolute Gasteiger partial charge is 0.507 e. The minimum Gasteiger partial charge on any atom is -0.507 e. The quantitative estimate of drug-likeness (QED) is 0.0929. The molecule has 200 valence electrons. The number of aromatic nitrogens is 2. The molecule has 2 heterocycles. The molecule has 10 heteroatoms. The van der Waals surface area contributed by atoms with Crippen molar-refractivity contribution in [1.82, 2.24) is 15.0 Å². The van der Waals surface area contributed by atoms with Gasteiger partial charge in [0.05, 0.1) is 29.6 Å². The van der Waals surface area contributed by atoms with Crippen molar-refractivity contribution >= 4 is 45.4 Å². The van der Waals surface area contributed by atoms with Crippen LogP contribution in [0.25, 0.3) is 15.9 Å². The van der Waals surface area contributed by atoms with E-state index in [-0.39, 0.29) is 23.0 Å². The van der Waals surface area contributed by atoms with Crippen LogP contribution in [0.5, 0.6) is 11.5 Å². The average molecular weight is 561 g/mol. The van der Waals surface area contributed by atoms with Gasteiger partial charge in [-0.1, -0.05) is 30.0 Å². The Hall–Kier alpha value is -3.89. The summed E-state index contributed by atoms with van der Waals surface area (Å²) >= 11 is 2.74. The Morgan fingerprint density at radius 1 is 1.28 bits per heavy atom. The van der Waals surface area contributed by atoms with Crippen molar-refractivity contribution in [1.29, 1.82) is 0 Å². The zero-order chi connectivity index (χ0) is 27.4. The number of ether oxygens (including phenoxy) is 1. The fourth-order valence-corrected chi connectivity index (χ4v) is 6.69. The second-order valence-electron chi connectivity index (χ2n) is 8.93. The van der Waals surface area contributed by atoms with Crippen LogP contribution < -0.4 is 15.7 Å². The number of hydrazone groups is 1. The molecule has 8 nitrogen and oxygen atoms in total. The highest BCUT2D eigenvalue weighted by atomic mass is 32.2. The lowest BCUT2D eigenvalue weighted by Gasteiger charge is -2.13. The van der Waals surface area contributed by atoms with Crippen molar-refractivity contribution < 1.29 is 14.6 Å². The molecule has 0 unspecified atom stereocenters. The zero-order valence-electron chi connectivity index (χ0n) is 21.5. The van der Waals surface area contributed by atoms with Gasteiger partial charge < -0.3 is 9.84 Å². The molecule has 2 aromatic carbocycles. The van der Waals surface area contributed by atoms with E-state index in [2.05, 4.69) is 17.1 Å². The molecule has 2 aromatic heterocycles. The number of hydrogen-bond donors (Lipinski definition) is 2. The number of rotatable bonds is 10. The molecule has 0 bridgehead atoms. The Labute approximate surface area is 234 Å². The van der Waals surface area contributed by atoms with Crippen molar-refractivity contribution in [3.8, 4) is 17.2 Å². The molecule has 1 aliphatic rings. The van der Waals surface area contributed by atoms with E-state index in [1.54, 1.807) is 40.2 Å². The third-order valence-corrected chi connectivity index (χ3v) is 8.48. The van der Waals surface area contributed by atoms with E-state index in [0.717, 1.165) is 30.4 Å². The van der Waals surface area contributed by atoms with Gasteiger partial charge in [0.1, 0.15) is 16.3 Å². The molecule has 4 aromatic rings. The van der Waals surface area contributed by atoms with Gasteiger partial charge in [-0.05, 0) is 74.1 Å². The maximum absolute atomic E-state index is 13.8. The average Bonchev–Trinajstić information content (AvgIpc) is 3.52. The van der Waals surface area contributed by atoms with Gasteiger partial charge in [-0.15, -0.1) is 17.9 Å². The zero-order valence-corrected chi connectivity index (χ0v) is 23.1. The van der Waals surface area contributed by atoms with E-state index in [4.69, 9.17) is 9.72 Å². The summed E-state index contributed by atoms with van der Waals surface area (Å²) in [5.74, 6) is 0.455. The Kier molecular flexibility index (Phi) is 8.13. The summed E-state index contributed by atoms with van der Waals surface area (Å²) < 4.78 is 7.13. The number of phenols is 1. The number of thioether (sulfide) groups is 1. The van der Waals surface area contributed by atoms with E-state index < -0.39 is 0 Å². The summed E-state index contributed by atoms with van der Waals surface area (Å²) in [7, 11) is 0. The maximum Gasteiger partial charge on any atom is 0.267 e. The van der Waals surface area contributed by atoms with Crippen molar-refractivity contribution in [2.75, 3.05) is 12.4 Å². The summed E-state index contributed by atoms with van der Waals surface area (Å²) in [6, 6.07) is 12.6. The van der Waals surface area contributed by atoms with E-state index in [1.807, 2.05) is 31.2 Å². The summed E-state index contributed by atoms with van der Waals surface area (Å²) in [6.45, 7) is 6.16. The van der Waals surface area contributed by atoms with Gasteiger partial charge in [-0.3, -0.25) is 14.2 Å². The molecule has 0 atom stereocenters. The lowest BCUT2D eigenvalue weighted by molar-refractivity contribution is -0.118. The highest BCUT2D eigenvalue weighted by molar-refractivity contribution is 7.99. The standard InChI is InChI=1S/C29H28N4O4S2/c1-3-7-18-8-5-9-19(26(18)35)16-30-32-24(34)17-38-29-31-27-25(22-10-6-11-23(22)39-27)28(36)33(29)20-12-14-21(15-13-20)37-4-2/h3,5,8-9,12-16,35H,1,4,6-7,10-11,17H2,2H3,(H,32,34). The second kappa shape index (κ2) is 11.9. The number of amides is 1. The van der Waals surface area contributed by atoms with Crippen LogP contribution in [0.1, 0.15) is 34.9 Å². The number of aromatic hydroxyl groups is 1. The van der Waals surface area contributed by atoms with Gasteiger partial charge in [0.2, 0.25) is 0 Å². The highest BCUT2D eigenvalue weighted by Gasteiger charge is 2.24. The molecule has 0 saturated heterocycles. The van der Waals surface area contributed by atoms with Crippen molar-refractivity contribution in [2.45, 2.75) is 37.8 Å². The summed E-state index contributed by atoms with van der Waals surface area (Å²) in [6.07, 6.45) is 6.53. The number of carbonyl (C=O) groups is 1. The molecule has 39 heavy (non-hydrogen) atoms. The van der Waals surface area contributed by atoms with Crippen LogP contribution in [0.3, 0.4) is 0 Å². The van der Waals surface area contributed by atoms with Crippen LogP contribution in [0.4, 0.5) is 0 Å². The molecule has 1 amide bonds. The first-order chi connectivity index (χ1) is 19.0. The number of phenolic OH excluding ortho intramolecular Hbond substituents is 1. The van der Waals surface area contributed by atoms with Crippen LogP contribution in [-0.4, -0.2) is 39.1 Å². The first kappa shape index (κ1) is 26.7. The first-order valence-electron chi connectivity index (χ1n) is 12.7. The lowest BCUT2D eigenvalue weighted by atomic mass is 10.1. The fourth-order valence-electron chi connectivity index (χ4n) is 4.58. The van der Waals surface area contributed by atoms with Crippen LogP contribution in [0, 0.1) is 0 Å². The van der Waals surface area contributed by atoms with Gasteiger partial charge in [0.25, 0.3) is 11.5 Å². The van der Waals surface area contributed by atoms with Gasteiger partial charge >= 0.3 is 0 Å². The molecule has 0 fully saturated rings. The monoisotopic (exact) mass is 560 g/mol. The summed E-state index contributed by atoms with van der Waals surface area (Å²) in [5, 5.41) is 15.5. The molecular formula is C29H28N4O4S2. The van der Waals surface area contributed by atoms with E-state index in [1.165, 1.54) is 22.9 Å². The Balaban J connectivity index is 1.38. The van der Waals surface area contributed by atoms with Crippen molar-refractivity contribution in [3.63, 3.8) is 0 Å². The Morgan fingerprint density at radius 2 is 2.10 bits per heavy atom. The second-order valence-corrected chi connectivity index (χ2v) is 11.0. The predicted octanol–water partition coefficient (Wildman–Crippen LogP) is 5.01. The topological polar surface area (TPSA) is 106 Å². The number of carbonyl (C=O) groups excluding carboxylic acids is 1. The Morgan fingerprint density at radius 3 is 2.87 bits per heavy atom. The smallest absolute Gasteiger partial charge is 0.267 e. The molecule has 1 aliphatic carbocycles. The number of allylic oxidation sites excluding steroid dienone is 1. The van der Waals surface area contributed by atoms with Crippen molar-refractivity contribution in [2.24, 2.45) is 5.10 Å². The number of hydrogen-bond acceptors (Lipinski definition) is 8. The van der Waals surface area contributed by atoms with Crippen LogP contribution in [0.15, 0.2) is 70.2 Å². The van der Waals surface area contributed by atoms with Gasteiger partial charge in [-0.25, -0.2) is 10.4 Å².